The molecule has 2 aromatic rings. The van der Waals surface area contributed by atoms with Gasteiger partial charge in [-0.3, -0.25) is 4.79 Å². The smallest absolute Gasteiger partial charge is 0.243 e. The second-order valence-corrected chi connectivity index (χ2v) is 6.04. The molecule has 0 bridgehead atoms. The van der Waals surface area contributed by atoms with E-state index in [1.807, 2.05) is 48.5 Å². The van der Waals surface area contributed by atoms with Crippen LogP contribution in [0.1, 0.15) is 24.0 Å². The van der Waals surface area contributed by atoms with Crippen LogP contribution in [-0.4, -0.2) is 22.7 Å². The van der Waals surface area contributed by atoms with Crippen LogP contribution in [0.2, 0.25) is 0 Å². The standard InChI is InChI=1S/C19H19N3O/c23-19(20-12-14-6-2-1-3-7-14)17-10-11-18-21-16-9-5-4-8-15(16)13-22(17)18/h1-9,17H,10-13H2,(H,20,23)/t17-/m0/s1. The lowest BCUT2D eigenvalue weighted by atomic mass is 10.1. The number of carbonyl (C=O) groups is 1. The average molecular weight is 305 g/mol. The Kier molecular flexibility index (Phi) is 3.58. The van der Waals surface area contributed by atoms with E-state index in [0.717, 1.165) is 36.5 Å². The van der Waals surface area contributed by atoms with E-state index in [2.05, 4.69) is 16.3 Å². The van der Waals surface area contributed by atoms with Gasteiger partial charge in [-0.1, -0.05) is 48.5 Å². The Morgan fingerprint density at radius 2 is 1.91 bits per heavy atom. The molecule has 1 atom stereocenters. The first-order valence-corrected chi connectivity index (χ1v) is 8.05. The quantitative estimate of drug-likeness (QED) is 0.947. The maximum absolute atomic E-state index is 12.6. The molecular formula is C19H19N3O. The van der Waals surface area contributed by atoms with Crippen LogP contribution in [0.25, 0.3) is 0 Å². The number of hydrogen-bond donors (Lipinski definition) is 1. The first-order valence-electron chi connectivity index (χ1n) is 8.05. The van der Waals surface area contributed by atoms with Crippen LogP contribution < -0.4 is 5.32 Å². The lowest BCUT2D eigenvalue weighted by molar-refractivity contribution is -0.125. The molecular weight excluding hydrogens is 286 g/mol. The maximum Gasteiger partial charge on any atom is 0.243 e. The van der Waals surface area contributed by atoms with Crippen molar-refractivity contribution in [3.63, 3.8) is 0 Å². The Labute approximate surface area is 135 Å². The van der Waals surface area contributed by atoms with Gasteiger partial charge in [0.25, 0.3) is 0 Å². The fraction of sp³-hybridized carbons (Fsp3) is 0.263. The molecule has 1 fully saturated rings. The molecule has 0 spiro atoms. The van der Waals surface area contributed by atoms with Gasteiger partial charge >= 0.3 is 0 Å². The molecule has 2 heterocycles. The van der Waals surface area contributed by atoms with Crippen molar-refractivity contribution < 1.29 is 4.79 Å². The molecule has 2 aliphatic rings. The lowest BCUT2D eigenvalue weighted by Gasteiger charge is -2.29. The summed E-state index contributed by atoms with van der Waals surface area (Å²) in [5.74, 6) is 1.14. The molecule has 0 unspecified atom stereocenters. The predicted molar refractivity (Wildman–Crippen MR) is 90.4 cm³/mol. The van der Waals surface area contributed by atoms with Gasteiger partial charge in [-0.25, -0.2) is 4.99 Å². The fourth-order valence-electron chi connectivity index (χ4n) is 3.32. The number of rotatable bonds is 3. The van der Waals surface area contributed by atoms with Crippen molar-refractivity contribution in [3.05, 3.63) is 65.7 Å². The van der Waals surface area contributed by atoms with E-state index in [9.17, 15) is 4.79 Å². The van der Waals surface area contributed by atoms with Gasteiger partial charge in [0.05, 0.1) is 5.69 Å². The van der Waals surface area contributed by atoms with Gasteiger partial charge in [-0.05, 0) is 23.6 Å². The van der Waals surface area contributed by atoms with Gasteiger partial charge in [-0.2, -0.15) is 0 Å². The summed E-state index contributed by atoms with van der Waals surface area (Å²) < 4.78 is 0. The number of para-hydroxylation sites is 1. The third-order valence-electron chi connectivity index (χ3n) is 4.54. The van der Waals surface area contributed by atoms with Crippen molar-refractivity contribution in [2.75, 3.05) is 0 Å². The van der Waals surface area contributed by atoms with Crippen molar-refractivity contribution in [2.45, 2.75) is 32.0 Å². The first kappa shape index (κ1) is 14.0. The molecule has 4 nitrogen and oxygen atoms in total. The van der Waals surface area contributed by atoms with Crippen molar-refractivity contribution >= 4 is 17.4 Å². The molecule has 116 valence electrons. The SMILES string of the molecule is O=C(NCc1ccccc1)[C@@H]1CCC2=Nc3ccccc3CN21. The summed E-state index contributed by atoms with van der Waals surface area (Å²) in [6, 6.07) is 18.1. The Balaban J connectivity index is 1.46. The normalized spacial score (nSPS) is 18.9. The highest BCUT2D eigenvalue weighted by atomic mass is 16.2. The molecule has 0 aromatic heterocycles. The first-order chi connectivity index (χ1) is 11.3. The average Bonchev–Trinajstić information content (AvgIpc) is 3.01. The van der Waals surface area contributed by atoms with Gasteiger partial charge in [0, 0.05) is 19.5 Å². The summed E-state index contributed by atoms with van der Waals surface area (Å²) in [6.07, 6.45) is 1.71. The second kappa shape index (κ2) is 5.88. The molecule has 1 saturated heterocycles. The number of carbonyl (C=O) groups excluding carboxylic acids is 1. The molecule has 4 heteroatoms. The number of amides is 1. The summed E-state index contributed by atoms with van der Waals surface area (Å²) in [4.78, 5) is 19.5. The van der Waals surface area contributed by atoms with Crippen LogP contribution in [0.5, 0.6) is 0 Å². The number of nitrogens with zero attached hydrogens (tertiary/aromatic N) is 2. The Morgan fingerprint density at radius 3 is 2.78 bits per heavy atom. The zero-order valence-corrected chi connectivity index (χ0v) is 12.9. The van der Waals surface area contributed by atoms with Gasteiger partial charge in [0.2, 0.25) is 5.91 Å². The largest absolute Gasteiger partial charge is 0.350 e. The summed E-state index contributed by atoms with van der Waals surface area (Å²) in [7, 11) is 0. The molecule has 2 aromatic carbocycles. The van der Waals surface area contributed by atoms with Gasteiger partial charge < -0.3 is 10.2 Å². The van der Waals surface area contributed by atoms with Gasteiger partial charge in [0.1, 0.15) is 11.9 Å². The highest BCUT2D eigenvalue weighted by molar-refractivity contribution is 5.95. The molecule has 2 aliphatic heterocycles. The fourth-order valence-corrected chi connectivity index (χ4v) is 3.32. The van der Waals surface area contributed by atoms with E-state index in [1.54, 1.807) is 0 Å². The second-order valence-electron chi connectivity index (χ2n) is 6.04. The number of amidine groups is 1. The van der Waals surface area contributed by atoms with E-state index in [1.165, 1.54) is 5.56 Å². The molecule has 1 N–H and O–H groups in total. The summed E-state index contributed by atoms with van der Waals surface area (Å²) in [5, 5.41) is 3.06. The maximum atomic E-state index is 12.6. The Hall–Kier alpha value is -2.62. The van der Waals surface area contributed by atoms with Crippen LogP contribution in [0, 0.1) is 0 Å². The number of fused-ring (bicyclic) bond motifs is 2. The van der Waals surface area contributed by atoms with Crippen molar-refractivity contribution in [1.29, 1.82) is 0 Å². The van der Waals surface area contributed by atoms with Crippen LogP contribution in [0.3, 0.4) is 0 Å². The Bertz CT molecular complexity index is 754. The molecule has 0 saturated carbocycles. The van der Waals surface area contributed by atoms with E-state index >= 15 is 0 Å². The molecule has 23 heavy (non-hydrogen) atoms. The third kappa shape index (κ3) is 2.72. The van der Waals surface area contributed by atoms with Crippen molar-refractivity contribution in [3.8, 4) is 0 Å². The molecule has 0 radical (unpaired) electrons. The van der Waals surface area contributed by atoms with Crippen LogP contribution in [0.15, 0.2) is 59.6 Å². The Morgan fingerprint density at radius 1 is 1.13 bits per heavy atom. The van der Waals surface area contributed by atoms with Gasteiger partial charge in [0.15, 0.2) is 0 Å². The number of benzene rings is 2. The summed E-state index contributed by atoms with van der Waals surface area (Å²) >= 11 is 0. The van der Waals surface area contributed by atoms with Crippen molar-refractivity contribution in [2.24, 2.45) is 4.99 Å². The van der Waals surface area contributed by atoms with Crippen LogP contribution in [-0.2, 0) is 17.9 Å². The van der Waals surface area contributed by atoms with E-state index < -0.39 is 0 Å². The highest BCUT2D eigenvalue weighted by Gasteiger charge is 2.36. The van der Waals surface area contributed by atoms with Crippen LogP contribution in [0.4, 0.5) is 5.69 Å². The summed E-state index contributed by atoms with van der Waals surface area (Å²) in [5.41, 5.74) is 3.36. The number of nitrogens with one attached hydrogen (secondary N) is 1. The molecule has 0 aliphatic carbocycles. The number of aliphatic imine (C=N–C) groups is 1. The topological polar surface area (TPSA) is 44.7 Å². The lowest BCUT2D eigenvalue weighted by Crippen LogP contribution is -2.44. The monoisotopic (exact) mass is 305 g/mol. The molecule has 1 amide bonds. The predicted octanol–water partition coefficient (Wildman–Crippen LogP) is 3.01. The summed E-state index contributed by atoms with van der Waals surface area (Å²) in [6.45, 7) is 1.35. The third-order valence-corrected chi connectivity index (χ3v) is 4.54. The van der Waals surface area contributed by atoms with Crippen molar-refractivity contribution in [1.82, 2.24) is 10.2 Å². The zero-order chi connectivity index (χ0) is 15.6. The van der Waals surface area contributed by atoms with E-state index in [0.29, 0.717) is 6.54 Å². The van der Waals surface area contributed by atoms with E-state index in [4.69, 9.17) is 4.99 Å². The number of hydrogen-bond acceptors (Lipinski definition) is 3. The minimum atomic E-state index is -0.106. The highest BCUT2D eigenvalue weighted by Crippen LogP contribution is 2.32. The van der Waals surface area contributed by atoms with E-state index in [-0.39, 0.29) is 11.9 Å². The molecule has 4 rings (SSSR count). The minimum absolute atomic E-state index is 0.0958. The van der Waals surface area contributed by atoms with Crippen LogP contribution >= 0.6 is 0 Å². The van der Waals surface area contributed by atoms with Gasteiger partial charge in [-0.15, -0.1) is 0 Å². The zero-order valence-electron chi connectivity index (χ0n) is 12.9. The minimum Gasteiger partial charge on any atom is -0.350 e.